The predicted octanol–water partition coefficient (Wildman–Crippen LogP) is -0.367. The van der Waals surface area contributed by atoms with E-state index in [0.717, 1.165) is 6.42 Å². The third kappa shape index (κ3) is 2.71. The van der Waals surface area contributed by atoms with Crippen LogP contribution < -0.4 is 5.73 Å². The van der Waals surface area contributed by atoms with Gasteiger partial charge in [-0.2, -0.15) is 0 Å². The van der Waals surface area contributed by atoms with Gasteiger partial charge in [-0.1, -0.05) is 6.92 Å². The summed E-state index contributed by atoms with van der Waals surface area (Å²) in [6, 6.07) is 0. The minimum absolute atomic E-state index is 0.285. The van der Waals surface area contributed by atoms with Crippen LogP contribution in [0.15, 0.2) is 0 Å². The van der Waals surface area contributed by atoms with Crippen LogP contribution in [0, 0.1) is 0 Å². The first-order valence-electron chi connectivity index (χ1n) is 2.64. The first kappa shape index (κ1) is 7.59. The quantitative estimate of drug-likeness (QED) is 0.496. The lowest BCUT2D eigenvalue weighted by molar-refractivity contribution is -0.126. The zero-order valence-corrected chi connectivity index (χ0v) is 4.92. The van der Waals surface area contributed by atoms with Crippen LogP contribution in [-0.4, -0.2) is 17.1 Å². The molecule has 0 aromatic heterocycles. The first-order valence-corrected chi connectivity index (χ1v) is 2.64. The lowest BCUT2D eigenvalue weighted by Gasteiger charge is -1.98. The number of carbonyl (C=O) groups excluding carboxylic acids is 1. The van der Waals surface area contributed by atoms with Crippen molar-refractivity contribution in [2.45, 2.75) is 26.0 Å². The van der Waals surface area contributed by atoms with Gasteiger partial charge in [-0.15, -0.1) is 0 Å². The molecule has 0 saturated heterocycles. The van der Waals surface area contributed by atoms with E-state index in [2.05, 4.69) is 0 Å². The summed E-state index contributed by atoms with van der Waals surface area (Å²) < 4.78 is 0. The molecule has 1 unspecified atom stereocenters. The van der Waals surface area contributed by atoms with E-state index in [1.807, 2.05) is 6.92 Å². The van der Waals surface area contributed by atoms with Gasteiger partial charge in [-0.3, -0.25) is 10.5 Å². The number of hydrogen-bond donors (Lipinski definition) is 2. The summed E-state index contributed by atoms with van der Waals surface area (Å²) in [5.74, 6) is -0.285. The minimum Gasteiger partial charge on any atom is -0.371 e. The molecule has 0 saturated carbocycles. The molecule has 48 valence electrons. The Kier molecular flexibility index (Phi) is 3.39. The number of aliphatic hydroxyl groups is 1. The second-order valence-corrected chi connectivity index (χ2v) is 1.66. The molecular weight excluding hydrogens is 106 g/mol. The average Bonchev–Trinajstić information content (AvgIpc) is 1.67. The highest BCUT2D eigenvalue weighted by molar-refractivity contribution is 5.81. The SMILES string of the molecule is CCCC(=O)C(N)O. The third-order valence-corrected chi connectivity index (χ3v) is 0.826. The van der Waals surface area contributed by atoms with Crippen LogP contribution in [0.5, 0.6) is 0 Å². The van der Waals surface area contributed by atoms with Crippen molar-refractivity contribution in [3.8, 4) is 0 Å². The highest BCUT2D eigenvalue weighted by atomic mass is 16.3. The van der Waals surface area contributed by atoms with Crippen molar-refractivity contribution in [1.82, 2.24) is 0 Å². The van der Waals surface area contributed by atoms with Gasteiger partial charge in [0.2, 0.25) is 0 Å². The fourth-order valence-electron chi connectivity index (χ4n) is 0.394. The van der Waals surface area contributed by atoms with E-state index in [9.17, 15) is 4.79 Å². The Morgan fingerprint density at radius 1 is 1.88 bits per heavy atom. The minimum atomic E-state index is -1.27. The molecule has 0 amide bonds. The largest absolute Gasteiger partial charge is 0.371 e. The van der Waals surface area contributed by atoms with Gasteiger partial charge in [0.25, 0.3) is 0 Å². The Hall–Kier alpha value is -0.410. The fourth-order valence-corrected chi connectivity index (χ4v) is 0.394. The van der Waals surface area contributed by atoms with Crippen LogP contribution in [0.3, 0.4) is 0 Å². The second-order valence-electron chi connectivity index (χ2n) is 1.66. The highest BCUT2D eigenvalue weighted by Crippen LogP contribution is 1.89. The topological polar surface area (TPSA) is 63.3 Å². The third-order valence-electron chi connectivity index (χ3n) is 0.826. The van der Waals surface area contributed by atoms with Crippen molar-refractivity contribution in [2.75, 3.05) is 0 Å². The van der Waals surface area contributed by atoms with E-state index in [4.69, 9.17) is 10.8 Å². The molecule has 0 aliphatic rings. The van der Waals surface area contributed by atoms with E-state index < -0.39 is 6.23 Å². The van der Waals surface area contributed by atoms with Crippen LogP contribution in [0.25, 0.3) is 0 Å². The molecule has 0 aromatic rings. The summed E-state index contributed by atoms with van der Waals surface area (Å²) in [6.45, 7) is 1.86. The molecule has 3 heteroatoms. The van der Waals surface area contributed by atoms with E-state index in [-0.39, 0.29) is 5.78 Å². The lowest BCUT2D eigenvalue weighted by atomic mass is 10.2. The van der Waals surface area contributed by atoms with Gasteiger partial charge < -0.3 is 5.11 Å². The summed E-state index contributed by atoms with van der Waals surface area (Å²) in [5, 5.41) is 8.38. The molecule has 3 N–H and O–H groups in total. The zero-order valence-electron chi connectivity index (χ0n) is 4.92. The summed E-state index contributed by atoms with van der Waals surface area (Å²) in [7, 11) is 0. The summed E-state index contributed by atoms with van der Waals surface area (Å²) in [5.41, 5.74) is 4.83. The molecule has 0 aliphatic heterocycles. The summed E-state index contributed by atoms with van der Waals surface area (Å²) in [6.07, 6.45) is -0.153. The Bertz CT molecular complexity index is 80.5. The van der Waals surface area contributed by atoms with Crippen LogP contribution in [0.2, 0.25) is 0 Å². The van der Waals surface area contributed by atoms with Crippen molar-refractivity contribution in [3.63, 3.8) is 0 Å². The van der Waals surface area contributed by atoms with Crippen molar-refractivity contribution in [2.24, 2.45) is 5.73 Å². The molecule has 0 aromatic carbocycles. The molecule has 0 aliphatic carbocycles. The number of nitrogens with two attached hydrogens (primary N) is 1. The molecule has 8 heavy (non-hydrogen) atoms. The number of Topliss-reactive ketones (excluding diaryl/α,β-unsaturated/α-hetero) is 1. The van der Waals surface area contributed by atoms with Crippen LogP contribution in [0.1, 0.15) is 19.8 Å². The monoisotopic (exact) mass is 117 g/mol. The molecular formula is C5H11NO2. The summed E-state index contributed by atoms with van der Waals surface area (Å²) in [4.78, 5) is 10.4. The van der Waals surface area contributed by atoms with Gasteiger partial charge in [0.15, 0.2) is 12.0 Å². The van der Waals surface area contributed by atoms with Crippen molar-refractivity contribution >= 4 is 5.78 Å². The van der Waals surface area contributed by atoms with E-state index >= 15 is 0 Å². The van der Waals surface area contributed by atoms with Crippen molar-refractivity contribution in [1.29, 1.82) is 0 Å². The second kappa shape index (κ2) is 3.57. The number of rotatable bonds is 3. The average molecular weight is 117 g/mol. The number of hydrogen-bond acceptors (Lipinski definition) is 3. The predicted molar refractivity (Wildman–Crippen MR) is 30.1 cm³/mol. The van der Waals surface area contributed by atoms with Gasteiger partial charge in [-0.25, -0.2) is 0 Å². The Morgan fingerprint density at radius 2 is 2.38 bits per heavy atom. The lowest BCUT2D eigenvalue weighted by Crippen LogP contribution is -2.29. The van der Waals surface area contributed by atoms with Gasteiger partial charge in [0, 0.05) is 6.42 Å². The molecule has 0 heterocycles. The maximum atomic E-state index is 10.4. The zero-order chi connectivity index (χ0) is 6.57. The maximum Gasteiger partial charge on any atom is 0.175 e. The van der Waals surface area contributed by atoms with Gasteiger partial charge in [0.1, 0.15) is 0 Å². The van der Waals surface area contributed by atoms with Crippen molar-refractivity contribution < 1.29 is 9.90 Å². The molecule has 0 bridgehead atoms. The molecule has 3 nitrogen and oxygen atoms in total. The maximum absolute atomic E-state index is 10.4. The number of carbonyl (C=O) groups is 1. The highest BCUT2D eigenvalue weighted by Gasteiger charge is 2.05. The first-order chi connectivity index (χ1) is 3.68. The normalized spacial score (nSPS) is 13.4. The molecule has 0 rings (SSSR count). The number of aliphatic hydroxyl groups excluding tert-OH is 1. The van der Waals surface area contributed by atoms with Crippen LogP contribution in [0.4, 0.5) is 0 Å². The van der Waals surface area contributed by atoms with Crippen LogP contribution >= 0.6 is 0 Å². The van der Waals surface area contributed by atoms with E-state index in [1.54, 1.807) is 0 Å². The van der Waals surface area contributed by atoms with Gasteiger partial charge in [-0.05, 0) is 6.42 Å². The fraction of sp³-hybridized carbons (Fsp3) is 0.800. The molecule has 0 radical (unpaired) electrons. The Balaban J connectivity index is 3.33. The number of ketones is 1. The summed E-state index contributed by atoms with van der Waals surface area (Å²) >= 11 is 0. The molecule has 0 fully saturated rings. The van der Waals surface area contributed by atoms with Gasteiger partial charge in [0.05, 0.1) is 0 Å². The smallest absolute Gasteiger partial charge is 0.175 e. The Morgan fingerprint density at radius 3 is 2.50 bits per heavy atom. The van der Waals surface area contributed by atoms with Gasteiger partial charge >= 0.3 is 0 Å². The molecule has 1 atom stereocenters. The van der Waals surface area contributed by atoms with E-state index in [1.165, 1.54) is 0 Å². The Labute approximate surface area is 48.5 Å². The van der Waals surface area contributed by atoms with E-state index in [0.29, 0.717) is 6.42 Å². The standard InChI is InChI=1S/C5H11NO2/c1-2-3-4(7)5(6)8/h5,8H,2-3,6H2,1H3. The van der Waals surface area contributed by atoms with Crippen LogP contribution in [-0.2, 0) is 4.79 Å². The van der Waals surface area contributed by atoms with Crippen molar-refractivity contribution in [3.05, 3.63) is 0 Å². The molecule has 0 spiro atoms.